The molecule has 0 saturated heterocycles. The summed E-state index contributed by atoms with van der Waals surface area (Å²) in [5.74, 6) is 1.03. The van der Waals surface area contributed by atoms with Crippen molar-refractivity contribution >= 4 is 5.97 Å². The second kappa shape index (κ2) is 6.64. The summed E-state index contributed by atoms with van der Waals surface area (Å²) in [5.41, 5.74) is 2.36. The van der Waals surface area contributed by atoms with Crippen LogP contribution in [0.4, 0.5) is 0 Å². The molecule has 0 heterocycles. The lowest BCUT2D eigenvalue weighted by Gasteiger charge is -2.30. The zero-order valence-corrected chi connectivity index (χ0v) is 13.8. The van der Waals surface area contributed by atoms with E-state index in [4.69, 9.17) is 4.74 Å². The van der Waals surface area contributed by atoms with E-state index in [0.29, 0.717) is 18.3 Å². The highest BCUT2D eigenvalue weighted by Crippen LogP contribution is 2.37. The third-order valence-corrected chi connectivity index (χ3v) is 4.21. The Labute approximate surface area is 128 Å². The molecule has 2 rings (SSSR count). The van der Waals surface area contributed by atoms with Gasteiger partial charge in [0.25, 0.3) is 0 Å². The van der Waals surface area contributed by atoms with Crippen LogP contribution in [-0.2, 0) is 9.53 Å². The molecule has 116 valence electrons. The van der Waals surface area contributed by atoms with E-state index >= 15 is 0 Å². The molecule has 0 radical (unpaired) electrons. The smallest absolute Gasteiger partial charge is 0.306 e. The average Bonchev–Trinajstić information content (AvgIpc) is 2.37. The third kappa shape index (κ3) is 5.18. The van der Waals surface area contributed by atoms with Crippen molar-refractivity contribution in [1.82, 2.24) is 0 Å². The Morgan fingerprint density at radius 3 is 2.48 bits per heavy atom. The van der Waals surface area contributed by atoms with Crippen molar-refractivity contribution in [3.63, 3.8) is 0 Å². The van der Waals surface area contributed by atoms with Crippen molar-refractivity contribution < 1.29 is 9.53 Å². The molecule has 1 aromatic carbocycles. The Balaban J connectivity index is 1.91. The molecule has 1 aliphatic carbocycles. The fraction of sp³-hybridized carbons (Fsp3) is 0.632. The van der Waals surface area contributed by atoms with Gasteiger partial charge in [0, 0.05) is 6.42 Å². The first-order valence-corrected chi connectivity index (χ1v) is 8.12. The van der Waals surface area contributed by atoms with Crippen molar-refractivity contribution in [1.29, 1.82) is 0 Å². The Kier molecular flexibility index (Phi) is 5.08. The highest BCUT2D eigenvalue weighted by molar-refractivity contribution is 5.70. The third-order valence-electron chi connectivity index (χ3n) is 4.21. The van der Waals surface area contributed by atoms with Crippen LogP contribution in [0.25, 0.3) is 0 Å². The predicted molar refractivity (Wildman–Crippen MR) is 86.3 cm³/mol. The van der Waals surface area contributed by atoms with Crippen LogP contribution in [0.3, 0.4) is 0 Å². The van der Waals surface area contributed by atoms with Gasteiger partial charge in [-0.2, -0.15) is 0 Å². The normalized spacial score (nSPS) is 22.9. The first-order chi connectivity index (χ1) is 9.83. The maximum absolute atomic E-state index is 12.0. The topological polar surface area (TPSA) is 26.3 Å². The summed E-state index contributed by atoms with van der Waals surface area (Å²) in [4.78, 5) is 12.0. The number of aryl methyl sites for hydroxylation is 1. The number of rotatable bonds is 3. The molecule has 21 heavy (non-hydrogen) atoms. The first-order valence-electron chi connectivity index (χ1n) is 8.12. The van der Waals surface area contributed by atoms with Gasteiger partial charge in [-0.15, -0.1) is 0 Å². The molecule has 0 bridgehead atoms. The molecule has 1 fully saturated rings. The number of carbonyl (C=O) groups is 1. The molecule has 1 aliphatic rings. The second-order valence-corrected chi connectivity index (χ2v) is 7.43. The molecule has 2 nitrogen and oxygen atoms in total. The second-order valence-electron chi connectivity index (χ2n) is 7.43. The van der Waals surface area contributed by atoms with Crippen LogP contribution in [0.15, 0.2) is 24.3 Å². The SMILES string of the molecule is Cc1ccc(C2CCCC(CC(=O)OC(C)(C)C)C2)cc1. The van der Waals surface area contributed by atoms with Gasteiger partial charge < -0.3 is 4.74 Å². The molecule has 1 aromatic rings. The average molecular weight is 288 g/mol. The van der Waals surface area contributed by atoms with E-state index in [1.165, 1.54) is 24.0 Å². The minimum atomic E-state index is -0.373. The summed E-state index contributed by atoms with van der Waals surface area (Å²) in [7, 11) is 0. The van der Waals surface area contributed by atoms with Crippen molar-refractivity contribution in [2.75, 3.05) is 0 Å². The summed E-state index contributed by atoms with van der Waals surface area (Å²) in [6.07, 6.45) is 5.30. The van der Waals surface area contributed by atoms with E-state index in [9.17, 15) is 4.79 Å². The summed E-state index contributed by atoms with van der Waals surface area (Å²) in [6, 6.07) is 8.87. The number of hydrogen-bond acceptors (Lipinski definition) is 2. The Bertz CT molecular complexity index is 467. The summed E-state index contributed by atoms with van der Waals surface area (Å²) < 4.78 is 5.46. The first kappa shape index (κ1) is 16.1. The number of carbonyl (C=O) groups excluding carboxylic acids is 1. The van der Waals surface area contributed by atoms with E-state index in [1.54, 1.807) is 0 Å². The van der Waals surface area contributed by atoms with Gasteiger partial charge in [0.1, 0.15) is 5.60 Å². The monoisotopic (exact) mass is 288 g/mol. The summed E-state index contributed by atoms with van der Waals surface area (Å²) in [6.45, 7) is 7.92. The number of benzene rings is 1. The van der Waals surface area contributed by atoms with E-state index in [2.05, 4.69) is 31.2 Å². The van der Waals surface area contributed by atoms with E-state index in [0.717, 1.165) is 12.8 Å². The molecule has 0 aromatic heterocycles. The highest BCUT2D eigenvalue weighted by Gasteiger charge is 2.26. The maximum atomic E-state index is 12.0. The van der Waals surface area contributed by atoms with Crippen molar-refractivity contribution in [3.05, 3.63) is 35.4 Å². The molecule has 0 amide bonds. The lowest BCUT2D eigenvalue weighted by molar-refractivity contribution is -0.156. The van der Waals surface area contributed by atoms with Crippen LogP contribution in [0, 0.1) is 12.8 Å². The van der Waals surface area contributed by atoms with Gasteiger partial charge in [-0.25, -0.2) is 0 Å². The molecule has 2 heteroatoms. The standard InChI is InChI=1S/C19H28O2/c1-14-8-10-16(11-9-14)17-7-5-6-15(12-17)13-18(20)21-19(2,3)4/h8-11,15,17H,5-7,12-13H2,1-4H3. The zero-order chi connectivity index (χ0) is 15.5. The molecular weight excluding hydrogens is 260 g/mol. The van der Waals surface area contributed by atoms with Crippen LogP contribution in [0.2, 0.25) is 0 Å². The predicted octanol–water partition coefficient (Wildman–Crippen LogP) is 5.00. The number of ether oxygens (including phenoxy) is 1. The van der Waals surface area contributed by atoms with Gasteiger partial charge in [-0.3, -0.25) is 4.79 Å². The Morgan fingerprint density at radius 2 is 1.86 bits per heavy atom. The fourth-order valence-corrected chi connectivity index (χ4v) is 3.24. The number of hydrogen-bond donors (Lipinski definition) is 0. The van der Waals surface area contributed by atoms with Gasteiger partial charge in [-0.05, 0) is 64.4 Å². The van der Waals surface area contributed by atoms with Crippen LogP contribution in [0.1, 0.15) is 69.9 Å². The largest absolute Gasteiger partial charge is 0.460 e. The van der Waals surface area contributed by atoms with Crippen molar-refractivity contribution in [2.45, 2.75) is 71.3 Å². The van der Waals surface area contributed by atoms with Gasteiger partial charge in [0.15, 0.2) is 0 Å². The zero-order valence-electron chi connectivity index (χ0n) is 13.8. The molecule has 1 saturated carbocycles. The molecule has 0 spiro atoms. The van der Waals surface area contributed by atoms with Gasteiger partial charge in [0.05, 0.1) is 0 Å². The molecule has 0 N–H and O–H groups in total. The minimum absolute atomic E-state index is 0.0444. The van der Waals surface area contributed by atoms with E-state index in [1.807, 2.05) is 20.8 Å². The van der Waals surface area contributed by atoms with E-state index in [-0.39, 0.29) is 11.6 Å². The molecule has 2 unspecified atom stereocenters. The molecule has 2 atom stereocenters. The van der Waals surface area contributed by atoms with Crippen LogP contribution < -0.4 is 0 Å². The minimum Gasteiger partial charge on any atom is -0.460 e. The Hall–Kier alpha value is -1.31. The quantitative estimate of drug-likeness (QED) is 0.732. The van der Waals surface area contributed by atoms with Crippen LogP contribution in [-0.4, -0.2) is 11.6 Å². The fourth-order valence-electron chi connectivity index (χ4n) is 3.24. The van der Waals surface area contributed by atoms with Crippen molar-refractivity contribution in [2.24, 2.45) is 5.92 Å². The molecular formula is C19H28O2. The lowest BCUT2D eigenvalue weighted by atomic mass is 9.77. The van der Waals surface area contributed by atoms with Gasteiger partial charge in [-0.1, -0.05) is 36.2 Å². The highest BCUT2D eigenvalue weighted by atomic mass is 16.6. The van der Waals surface area contributed by atoms with Crippen LogP contribution in [0.5, 0.6) is 0 Å². The van der Waals surface area contributed by atoms with Gasteiger partial charge >= 0.3 is 5.97 Å². The van der Waals surface area contributed by atoms with Gasteiger partial charge in [0.2, 0.25) is 0 Å². The van der Waals surface area contributed by atoms with Crippen LogP contribution >= 0.6 is 0 Å². The van der Waals surface area contributed by atoms with Crippen molar-refractivity contribution in [3.8, 4) is 0 Å². The maximum Gasteiger partial charge on any atom is 0.306 e. The Morgan fingerprint density at radius 1 is 1.19 bits per heavy atom. The summed E-state index contributed by atoms with van der Waals surface area (Å²) >= 11 is 0. The summed E-state index contributed by atoms with van der Waals surface area (Å²) in [5, 5.41) is 0. The van der Waals surface area contributed by atoms with E-state index < -0.39 is 0 Å². The number of esters is 1. The molecule has 0 aliphatic heterocycles. The lowest BCUT2D eigenvalue weighted by Crippen LogP contribution is -2.26.